The molecule has 0 saturated carbocycles. The SMILES string of the molecule is Cc1ccccc1N1C(=O)[C@@H]2[C@@H](c3ccccc3OS(=O)(=O)c3ccccc3)N(c3ccccc3)O[C@H]2C1=O. The number of benzene rings is 4. The lowest BCUT2D eigenvalue weighted by Gasteiger charge is -2.29. The molecule has 2 amide bonds. The predicted molar refractivity (Wildman–Crippen MR) is 144 cm³/mol. The minimum absolute atomic E-state index is 0.00174. The van der Waals surface area contributed by atoms with Gasteiger partial charge in [0.05, 0.1) is 17.4 Å². The Labute approximate surface area is 226 Å². The van der Waals surface area contributed by atoms with Crippen molar-refractivity contribution < 1.29 is 27.0 Å². The van der Waals surface area contributed by atoms with Gasteiger partial charge in [0.25, 0.3) is 5.91 Å². The number of fused-ring (bicyclic) bond motifs is 1. The van der Waals surface area contributed by atoms with Crippen LogP contribution < -0.4 is 14.1 Å². The number of carbonyl (C=O) groups is 2. The van der Waals surface area contributed by atoms with E-state index in [9.17, 15) is 18.0 Å². The first-order chi connectivity index (χ1) is 18.9. The molecule has 2 heterocycles. The van der Waals surface area contributed by atoms with E-state index in [1.165, 1.54) is 28.2 Å². The minimum atomic E-state index is -4.17. The van der Waals surface area contributed by atoms with Crippen molar-refractivity contribution in [1.82, 2.24) is 0 Å². The second-order valence-corrected chi connectivity index (χ2v) is 10.9. The molecule has 0 aromatic heterocycles. The van der Waals surface area contributed by atoms with E-state index in [1.54, 1.807) is 60.7 Å². The number of rotatable bonds is 6. The molecular weight excluding hydrogens is 516 g/mol. The van der Waals surface area contributed by atoms with E-state index in [2.05, 4.69) is 0 Å². The minimum Gasteiger partial charge on any atom is -0.379 e. The van der Waals surface area contributed by atoms with Gasteiger partial charge in [-0.15, -0.1) is 0 Å². The number of carbonyl (C=O) groups excluding carboxylic acids is 2. The standard InChI is InChI=1S/C30H24N2O6S/c1-20-12-8-10-18-24(20)31-29(33)26-27(32(37-28(26)30(31)34)21-13-4-2-5-14-21)23-17-9-11-19-25(23)38-39(35,36)22-15-6-3-7-16-22/h2-19,26-28H,1H3/t26-,27-,28-/m1/s1. The fraction of sp³-hybridized carbons (Fsp3) is 0.133. The number of imide groups is 1. The molecule has 2 saturated heterocycles. The molecular formula is C30H24N2O6S. The van der Waals surface area contributed by atoms with Gasteiger partial charge in [-0.25, -0.2) is 9.96 Å². The molecule has 3 atom stereocenters. The van der Waals surface area contributed by atoms with Gasteiger partial charge in [0, 0.05) is 5.56 Å². The zero-order valence-corrected chi connectivity index (χ0v) is 21.7. The molecule has 2 aliphatic rings. The number of hydrogen-bond acceptors (Lipinski definition) is 7. The third-order valence-corrected chi connectivity index (χ3v) is 8.20. The Bertz CT molecular complexity index is 1660. The number of anilines is 2. The molecule has 0 unspecified atom stereocenters. The van der Waals surface area contributed by atoms with E-state index in [0.717, 1.165) is 5.56 Å². The molecule has 4 aromatic carbocycles. The number of hydroxylamine groups is 1. The number of aryl methyl sites for hydroxylation is 1. The molecule has 0 spiro atoms. The monoisotopic (exact) mass is 540 g/mol. The Balaban J connectivity index is 1.46. The summed E-state index contributed by atoms with van der Waals surface area (Å²) in [5.41, 5.74) is 2.28. The Morgan fingerprint density at radius 1 is 0.744 bits per heavy atom. The van der Waals surface area contributed by atoms with E-state index in [4.69, 9.17) is 9.02 Å². The molecule has 39 heavy (non-hydrogen) atoms. The molecule has 0 radical (unpaired) electrons. The van der Waals surface area contributed by atoms with Crippen LogP contribution in [0.4, 0.5) is 11.4 Å². The fourth-order valence-electron chi connectivity index (χ4n) is 5.14. The molecule has 0 N–H and O–H groups in total. The lowest BCUT2D eigenvalue weighted by Crippen LogP contribution is -2.37. The first kappa shape index (κ1) is 24.8. The Morgan fingerprint density at radius 2 is 1.36 bits per heavy atom. The van der Waals surface area contributed by atoms with Gasteiger partial charge in [-0.3, -0.25) is 14.4 Å². The van der Waals surface area contributed by atoms with E-state index in [-0.39, 0.29) is 10.6 Å². The van der Waals surface area contributed by atoms with Crippen LogP contribution in [0.2, 0.25) is 0 Å². The maximum atomic E-state index is 14.0. The molecule has 2 fully saturated rings. The summed E-state index contributed by atoms with van der Waals surface area (Å²) in [5.74, 6) is -1.80. The van der Waals surface area contributed by atoms with Crippen LogP contribution in [0.25, 0.3) is 0 Å². The Morgan fingerprint density at radius 3 is 2.08 bits per heavy atom. The van der Waals surface area contributed by atoms with Gasteiger partial charge in [0.15, 0.2) is 6.10 Å². The summed E-state index contributed by atoms with van der Waals surface area (Å²) < 4.78 is 31.9. The molecule has 196 valence electrons. The van der Waals surface area contributed by atoms with Crippen LogP contribution in [-0.2, 0) is 24.5 Å². The summed E-state index contributed by atoms with van der Waals surface area (Å²) in [4.78, 5) is 35.0. The number of amides is 2. The van der Waals surface area contributed by atoms with Crippen LogP contribution in [0.1, 0.15) is 17.2 Å². The van der Waals surface area contributed by atoms with Crippen molar-refractivity contribution in [2.75, 3.05) is 9.96 Å². The second kappa shape index (κ2) is 9.68. The highest BCUT2D eigenvalue weighted by atomic mass is 32.2. The summed E-state index contributed by atoms with van der Waals surface area (Å²) >= 11 is 0. The summed E-state index contributed by atoms with van der Waals surface area (Å²) in [6.45, 7) is 1.83. The quantitative estimate of drug-likeness (QED) is 0.256. The number of nitrogens with zero attached hydrogens (tertiary/aromatic N) is 2. The smallest absolute Gasteiger partial charge is 0.339 e. The summed E-state index contributed by atoms with van der Waals surface area (Å²) in [5, 5.41) is 1.51. The van der Waals surface area contributed by atoms with Crippen molar-refractivity contribution >= 4 is 33.3 Å². The van der Waals surface area contributed by atoms with Crippen molar-refractivity contribution in [3.63, 3.8) is 0 Å². The lowest BCUT2D eigenvalue weighted by molar-refractivity contribution is -0.126. The third kappa shape index (κ3) is 4.25. The number of para-hydroxylation sites is 3. The van der Waals surface area contributed by atoms with E-state index < -0.39 is 40.0 Å². The largest absolute Gasteiger partial charge is 0.379 e. The van der Waals surface area contributed by atoms with Crippen molar-refractivity contribution in [3.8, 4) is 5.75 Å². The van der Waals surface area contributed by atoms with Crippen molar-refractivity contribution in [3.05, 3.63) is 120 Å². The molecule has 8 nitrogen and oxygen atoms in total. The van der Waals surface area contributed by atoms with Gasteiger partial charge in [0.1, 0.15) is 16.6 Å². The van der Waals surface area contributed by atoms with Gasteiger partial charge in [-0.2, -0.15) is 8.42 Å². The van der Waals surface area contributed by atoms with Crippen LogP contribution in [0.3, 0.4) is 0 Å². The first-order valence-electron chi connectivity index (χ1n) is 12.4. The molecule has 6 rings (SSSR count). The Hall–Kier alpha value is -4.47. The van der Waals surface area contributed by atoms with Crippen LogP contribution in [-0.4, -0.2) is 26.3 Å². The highest BCUT2D eigenvalue weighted by Gasteiger charge is 2.61. The van der Waals surface area contributed by atoms with Crippen molar-refractivity contribution in [2.45, 2.75) is 24.0 Å². The molecule has 9 heteroatoms. The van der Waals surface area contributed by atoms with Crippen molar-refractivity contribution in [1.29, 1.82) is 0 Å². The molecule has 0 aliphatic carbocycles. The van der Waals surface area contributed by atoms with E-state index in [1.807, 2.05) is 37.3 Å². The second-order valence-electron chi connectivity index (χ2n) is 9.34. The maximum Gasteiger partial charge on any atom is 0.339 e. The lowest BCUT2D eigenvalue weighted by atomic mass is 9.90. The van der Waals surface area contributed by atoms with Crippen LogP contribution in [0.5, 0.6) is 5.75 Å². The number of hydrogen-bond donors (Lipinski definition) is 0. The summed E-state index contributed by atoms with van der Waals surface area (Å²) in [6, 6.07) is 29.8. The maximum absolute atomic E-state index is 14.0. The zero-order chi connectivity index (χ0) is 27.1. The summed E-state index contributed by atoms with van der Waals surface area (Å²) in [7, 11) is -4.17. The molecule has 4 aromatic rings. The van der Waals surface area contributed by atoms with Crippen molar-refractivity contribution in [2.24, 2.45) is 5.92 Å². The highest BCUT2D eigenvalue weighted by Crippen LogP contribution is 2.50. The average Bonchev–Trinajstić information content (AvgIpc) is 3.46. The average molecular weight is 541 g/mol. The first-order valence-corrected chi connectivity index (χ1v) is 13.8. The van der Waals surface area contributed by atoms with Gasteiger partial charge in [0.2, 0.25) is 5.91 Å². The van der Waals surface area contributed by atoms with E-state index >= 15 is 0 Å². The highest BCUT2D eigenvalue weighted by molar-refractivity contribution is 7.87. The Kier molecular flexibility index (Phi) is 6.17. The van der Waals surface area contributed by atoms with Gasteiger partial charge in [-0.05, 0) is 48.9 Å². The molecule has 2 aliphatic heterocycles. The topological polar surface area (TPSA) is 93.2 Å². The predicted octanol–water partition coefficient (Wildman–Crippen LogP) is 4.81. The van der Waals surface area contributed by atoms with Gasteiger partial charge < -0.3 is 4.18 Å². The molecule has 0 bridgehead atoms. The van der Waals surface area contributed by atoms with Crippen LogP contribution >= 0.6 is 0 Å². The van der Waals surface area contributed by atoms with E-state index in [0.29, 0.717) is 16.9 Å². The van der Waals surface area contributed by atoms with Gasteiger partial charge >= 0.3 is 10.1 Å². The fourth-order valence-corrected chi connectivity index (χ4v) is 6.11. The zero-order valence-electron chi connectivity index (χ0n) is 20.9. The summed E-state index contributed by atoms with van der Waals surface area (Å²) in [6.07, 6.45) is -1.10. The normalized spacial score (nSPS) is 20.8. The van der Waals surface area contributed by atoms with Gasteiger partial charge in [-0.1, -0.05) is 72.8 Å². The third-order valence-electron chi connectivity index (χ3n) is 6.95. The van der Waals surface area contributed by atoms with Crippen LogP contribution in [0, 0.1) is 12.8 Å². The van der Waals surface area contributed by atoms with Crippen LogP contribution in [0.15, 0.2) is 114 Å².